The van der Waals surface area contributed by atoms with Gasteiger partial charge >= 0.3 is 0 Å². The molecule has 0 saturated heterocycles. The molecule has 0 spiro atoms. The number of aryl methyl sites for hydroxylation is 1. The van der Waals surface area contributed by atoms with E-state index >= 15 is 0 Å². The van der Waals surface area contributed by atoms with Crippen LogP contribution in [0, 0.1) is 17.8 Å². The Morgan fingerprint density at radius 3 is 3.00 bits per heavy atom. The molecule has 1 heterocycles. The number of hydrogen-bond donors (Lipinski definition) is 1. The van der Waals surface area contributed by atoms with Crippen molar-refractivity contribution in [2.75, 3.05) is 0 Å². The molecule has 3 nitrogen and oxygen atoms in total. The highest BCUT2D eigenvalue weighted by atomic mass is 15.3. The van der Waals surface area contributed by atoms with Crippen molar-refractivity contribution < 1.29 is 0 Å². The van der Waals surface area contributed by atoms with E-state index in [2.05, 4.69) is 22.8 Å². The van der Waals surface area contributed by atoms with Gasteiger partial charge in [-0.2, -0.15) is 5.10 Å². The van der Waals surface area contributed by atoms with Gasteiger partial charge in [-0.25, -0.2) is 0 Å². The lowest BCUT2D eigenvalue weighted by Crippen LogP contribution is -2.28. The Balaban J connectivity index is 1.80. The van der Waals surface area contributed by atoms with Gasteiger partial charge in [-0.15, -0.1) is 0 Å². The van der Waals surface area contributed by atoms with E-state index in [0.717, 1.165) is 18.4 Å². The highest BCUT2D eigenvalue weighted by Crippen LogP contribution is 2.51. The van der Waals surface area contributed by atoms with Crippen LogP contribution < -0.4 is 5.73 Å². The number of nitrogens with two attached hydrogens (primary N) is 1. The maximum absolute atomic E-state index is 6.45. The molecule has 2 aliphatic rings. The second-order valence-electron chi connectivity index (χ2n) is 5.44. The van der Waals surface area contributed by atoms with Gasteiger partial charge < -0.3 is 5.73 Å². The molecule has 16 heavy (non-hydrogen) atoms. The SMILES string of the molecule is CCn1nccc1C(N)C1CC2CCC1C2. The quantitative estimate of drug-likeness (QED) is 0.848. The van der Waals surface area contributed by atoms with Crippen molar-refractivity contribution in [3.63, 3.8) is 0 Å². The fourth-order valence-electron chi connectivity index (χ4n) is 3.84. The van der Waals surface area contributed by atoms with Crippen LogP contribution in [0.1, 0.15) is 44.3 Å². The first-order valence-electron chi connectivity index (χ1n) is 6.57. The largest absolute Gasteiger partial charge is 0.322 e. The van der Waals surface area contributed by atoms with Crippen LogP contribution in [0.5, 0.6) is 0 Å². The third kappa shape index (κ3) is 1.49. The van der Waals surface area contributed by atoms with Gasteiger partial charge in [-0.05, 0) is 50.0 Å². The lowest BCUT2D eigenvalue weighted by molar-refractivity contribution is 0.275. The summed E-state index contributed by atoms with van der Waals surface area (Å²) in [4.78, 5) is 0. The van der Waals surface area contributed by atoms with Gasteiger partial charge in [0.05, 0.1) is 5.69 Å². The van der Waals surface area contributed by atoms with Gasteiger partial charge in [0.15, 0.2) is 0 Å². The van der Waals surface area contributed by atoms with Gasteiger partial charge in [0.2, 0.25) is 0 Å². The van der Waals surface area contributed by atoms with Crippen molar-refractivity contribution in [3.05, 3.63) is 18.0 Å². The average molecular weight is 219 g/mol. The normalized spacial score (nSPS) is 34.5. The van der Waals surface area contributed by atoms with E-state index in [1.807, 2.05) is 6.20 Å². The summed E-state index contributed by atoms with van der Waals surface area (Å²) in [7, 11) is 0. The molecule has 4 atom stereocenters. The van der Waals surface area contributed by atoms with Crippen molar-refractivity contribution in [3.8, 4) is 0 Å². The Kier molecular flexibility index (Phi) is 2.51. The smallest absolute Gasteiger partial charge is 0.0554 e. The minimum Gasteiger partial charge on any atom is -0.322 e. The Bertz CT molecular complexity index is 371. The summed E-state index contributed by atoms with van der Waals surface area (Å²) in [6.45, 7) is 3.06. The third-order valence-corrected chi connectivity index (χ3v) is 4.64. The summed E-state index contributed by atoms with van der Waals surface area (Å²) in [5.41, 5.74) is 7.68. The highest BCUT2D eigenvalue weighted by molar-refractivity contribution is 5.10. The van der Waals surface area contributed by atoms with E-state index in [9.17, 15) is 0 Å². The molecule has 2 saturated carbocycles. The Morgan fingerprint density at radius 2 is 2.38 bits per heavy atom. The maximum atomic E-state index is 6.45. The van der Waals surface area contributed by atoms with Crippen LogP contribution in [0.15, 0.2) is 12.3 Å². The average Bonchev–Trinajstić information content (AvgIpc) is 3.02. The number of rotatable bonds is 3. The molecule has 0 aliphatic heterocycles. The van der Waals surface area contributed by atoms with Crippen LogP contribution in [-0.4, -0.2) is 9.78 Å². The molecule has 88 valence electrons. The third-order valence-electron chi connectivity index (χ3n) is 4.64. The molecule has 2 N–H and O–H groups in total. The molecular weight excluding hydrogens is 198 g/mol. The monoisotopic (exact) mass is 219 g/mol. The molecule has 2 fully saturated rings. The topological polar surface area (TPSA) is 43.8 Å². The lowest BCUT2D eigenvalue weighted by Gasteiger charge is -2.28. The van der Waals surface area contributed by atoms with E-state index < -0.39 is 0 Å². The predicted molar refractivity (Wildman–Crippen MR) is 63.8 cm³/mol. The van der Waals surface area contributed by atoms with Gasteiger partial charge in [0.1, 0.15) is 0 Å². The van der Waals surface area contributed by atoms with Gasteiger partial charge in [-0.3, -0.25) is 4.68 Å². The molecule has 1 aromatic heterocycles. The van der Waals surface area contributed by atoms with Crippen molar-refractivity contribution in [1.82, 2.24) is 9.78 Å². The number of fused-ring (bicyclic) bond motifs is 2. The summed E-state index contributed by atoms with van der Waals surface area (Å²) in [6, 6.07) is 2.30. The van der Waals surface area contributed by atoms with E-state index in [1.54, 1.807) is 0 Å². The molecule has 0 amide bonds. The van der Waals surface area contributed by atoms with Crippen LogP contribution in [0.3, 0.4) is 0 Å². The first-order chi connectivity index (χ1) is 7.79. The fraction of sp³-hybridized carbons (Fsp3) is 0.769. The second-order valence-corrected chi connectivity index (χ2v) is 5.44. The maximum Gasteiger partial charge on any atom is 0.0554 e. The van der Waals surface area contributed by atoms with Crippen LogP contribution in [0.2, 0.25) is 0 Å². The van der Waals surface area contributed by atoms with Crippen molar-refractivity contribution in [2.45, 2.75) is 45.2 Å². The molecular formula is C13H21N3. The zero-order valence-electron chi connectivity index (χ0n) is 9.97. The molecule has 4 unspecified atom stereocenters. The Morgan fingerprint density at radius 1 is 1.50 bits per heavy atom. The minimum absolute atomic E-state index is 0.206. The van der Waals surface area contributed by atoms with Crippen LogP contribution in [0.4, 0.5) is 0 Å². The number of nitrogens with zero attached hydrogens (tertiary/aromatic N) is 2. The molecule has 3 heteroatoms. The Labute approximate surface area is 97.0 Å². The first kappa shape index (κ1) is 10.3. The standard InChI is InChI=1S/C13H21N3/c1-2-16-12(5-6-15-16)13(14)11-8-9-3-4-10(11)7-9/h5-6,9-11,13H,2-4,7-8,14H2,1H3. The van der Waals surface area contributed by atoms with Crippen LogP contribution in [-0.2, 0) is 6.54 Å². The summed E-state index contributed by atoms with van der Waals surface area (Å²) in [6.07, 6.45) is 7.51. The molecule has 1 aromatic rings. The fourth-order valence-corrected chi connectivity index (χ4v) is 3.84. The van der Waals surface area contributed by atoms with E-state index in [-0.39, 0.29) is 6.04 Å². The molecule has 2 aliphatic carbocycles. The van der Waals surface area contributed by atoms with Crippen molar-refractivity contribution in [1.29, 1.82) is 0 Å². The van der Waals surface area contributed by atoms with Crippen molar-refractivity contribution >= 4 is 0 Å². The zero-order valence-corrected chi connectivity index (χ0v) is 9.97. The molecule has 0 aromatic carbocycles. The summed E-state index contributed by atoms with van der Waals surface area (Å²) in [5.74, 6) is 2.57. The number of aromatic nitrogens is 2. The first-order valence-corrected chi connectivity index (χ1v) is 6.57. The van der Waals surface area contributed by atoms with Crippen LogP contribution in [0.25, 0.3) is 0 Å². The highest BCUT2D eigenvalue weighted by Gasteiger charge is 2.42. The van der Waals surface area contributed by atoms with Gasteiger partial charge in [0.25, 0.3) is 0 Å². The second kappa shape index (κ2) is 3.88. The molecule has 2 bridgehead atoms. The van der Waals surface area contributed by atoms with E-state index in [0.29, 0.717) is 5.92 Å². The Hall–Kier alpha value is -0.830. The lowest BCUT2D eigenvalue weighted by atomic mass is 9.82. The molecule has 0 radical (unpaired) electrons. The number of hydrogen-bond acceptors (Lipinski definition) is 2. The van der Waals surface area contributed by atoms with Gasteiger partial charge in [0, 0.05) is 18.8 Å². The summed E-state index contributed by atoms with van der Waals surface area (Å²) >= 11 is 0. The van der Waals surface area contributed by atoms with E-state index in [4.69, 9.17) is 5.73 Å². The minimum atomic E-state index is 0.206. The van der Waals surface area contributed by atoms with E-state index in [1.165, 1.54) is 31.4 Å². The zero-order chi connectivity index (χ0) is 11.1. The summed E-state index contributed by atoms with van der Waals surface area (Å²) in [5, 5.41) is 4.33. The van der Waals surface area contributed by atoms with Gasteiger partial charge in [-0.1, -0.05) is 6.42 Å². The van der Waals surface area contributed by atoms with Crippen LogP contribution >= 0.6 is 0 Å². The molecule has 3 rings (SSSR count). The summed E-state index contributed by atoms with van der Waals surface area (Å²) < 4.78 is 2.05. The predicted octanol–water partition coefficient (Wildman–Crippen LogP) is 2.34. The van der Waals surface area contributed by atoms with Crippen molar-refractivity contribution in [2.24, 2.45) is 23.5 Å².